The van der Waals surface area contributed by atoms with Crippen LogP contribution in [0.15, 0.2) is 36.9 Å². The van der Waals surface area contributed by atoms with Crippen molar-refractivity contribution in [2.24, 2.45) is 11.7 Å². The van der Waals surface area contributed by atoms with Gasteiger partial charge in [-0.25, -0.2) is 9.78 Å². The molecule has 1 saturated carbocycles. The van der Waals surface area contributed by atoms with Crippen LogP contribution in [0.5, 0.6) is 11.6 Å². The van der Waals surface area contributed by atoms with E-state index in [1.807, 2.05) is 0 Å². The highest BCUT2D eigenvalue weighted by Crippen LogP contribution is 2.28. The molecule has 0 spiro atoms. The van der Waals surface area contributed by atoms with Gasteiger partial charge in [0.2, 0.25) is 5.88 Å². The quantitative estimate of drug-likeness (QED) is 0.555. The minimum Gasteiger partial charge on any atom is -0.490 e. The predicted octanol–water partition coefficient (Wildman–Crippen LogP) is 1.59. The lowest BCUT2D eigenvalue weighted by atomic mass is 9.89. The molecule has 0 aromatic carbocycles. The van der Waals surface area contributed by atoms with E-state index in [2.05, 4.69) is 21.9 Å². The number of aliphatic hydroxyl groups is 1. The summed E-state index contributed by atoms with van der Waals surface area (Å²) in [6.45, 7) is 1.99. The zero-order valence-electron chi connectivity index (χ0n) is 17.0. The maximum Gasteiger partial charge on any atom is 0.337 e. The van der Waals surface area contributed by atoms with Crippen molar-refractivity contribution in [2.45, 2.75) is 56.8 Å². The van der Waals surface area contributed by atoms with Gasteiger partial charge in [-0.05, 0) is 37.7 Å². The lowest BCUT2D eigenvalue weighted by Crippen LogP contribution is -2.58. The van der Waals surface area contributed by atoms with Crippen molar-refractivity contribution >= 4 is 5.97 Å². The normalized spacial score (nSPS) is 22.0. The van der Waals surface area contributed by atoms with Gasteiger partial charge in [-0.2, -0.15) is 0 Å². The Bertz CT molecular complexity index is 829. The second-order valence-corrected chi connectivity index (χ2v) is 7.85. The largest absolute Gasteiger partial charge is 0.490 e. The zero-order valence-corrected chi connectivity index (χ0v) is 17.0. The van der Waals surface area contributed by atoms with Crippen LogP contribution in [0.25, 0.3) is 0 Å². The molecule has 0 unspecified atom stereocenters. The number of carboxylic acid groups (broad SMARTS) is 1. The molecule has 0 saturated heterocycles. The number of nitrogens with zero attached hydrogens (tertiary/aromatic N) is 3. The third kappa shape index (κ3) is 5.64. The van der Waals surface area contributed by atoms with Crippen molar-refractivity contribution < 1.29 is 24.5 Å². The van der Waals surface area contributed by atoms with Gasteiger partial charge < -0.3 is 25.4 Å². The Morgan fingerprint density at radius 2 is 2.03 bits per heavy atom. The molecule has 9 heteroatoms. The van der Waals surface area contributed by atoms with Gasteiger partial charge in [-0.1, -0.05) is 6.92 Å². The lowest BCUT2D eigenvalue weighted by molar-refractivity contribution is -0.161. The van der Waals surface area contributed by atoms with Gasteiger partial charge in [0.1, 0.15) is 12.4 Å². The van der Waals surface area contributed by atoms with Crippen molar-refractivity contribution in [1.29, 1.82) is 0 Å². The highest BCUT2D eigenvalue weighted by atomic mass is 16.5. The number of rotatable bonds is 9. The van der Waals surface area contributed by atoms with Crippen LogP contribution in [0.1, 0.15) is 38.3 Å². The van der Waals surface area contributed by atoms with Crippen LogP contribution in [0.4, 0.5) is 0 Å². The second-order valence-electron chi connectivity index (χ2n) is 7.85. The van der Waals surface area contributed by atoms with Crippen molar-refractivity contribution in [3.63, 3.8) is 0 Å². The van der Waals surface area contributed by atoms with E-state index in [0.29, 0.717) is 17.4 Å². The molecule has 0 amide bonds. The Labute approximate surface area is 175 Å². The molecule has 0 bridgehead atoms. The van der Waals surface area contributed by atoms with Crippen LogP contribution in [-0.4, -0.2) is 55.5 Å². The van der Waals surface area contributed by atoms with E-state index < -0.39 is 17.6 Å². The first-order chi connectivity index (χ1) is 14.4. The van der Waals surface area contributed by atoms with Gasteiger partial charge in [0.25, 0.3) is 0 Å². The molecule has 30 heavy (non-hydrogen) atoms. The van der Waals surface area contributed by atoms with Gasteiger partial charge in [-0.3, -0.25) is 9.97 Å². The molecule has 0 radical (unpaired) electrons. The summed E-state index contributed by atoms with van der Waals surface area (Å²) in [6.07, 6.45) is 9.92. The summed E-state index contributed by atoms with van der Waals surface area (Å²) >= 11 is 0. The molecule has 2 aromatic heterocycles. The number of aromatic nitrogens is 3. The van der Waals surface area contributed by atoms with Gasteiger partial charge in [0.15, 0.2) is 5.60 Å². The average Bonchev–Trinajstić information content (AvgIpc) is 2.74. The van der Waals surface area contributed by atoms with Crippen LogP contribution >= 0.6 is 0 Å². The Kier molecular flexibility index (Phi) is 7.17. The first-order valence-corrected chi connectivity index (χ1v) is 10.1. The van der Waals surface area contributed by atoms with Crippen LogP contribution < -0.4 is 15.2 Å². The van der Waals surface area contributed by atoms with E-state index in [0.717, 1.165) is 25.7 Å². The predicted molar refractivity (Wildman–Crippen MR) is 108 cm³/mol. The SMILES string of the molecule is CC1CCC(Oc2ccnc(C[C@](O)(C(=O)O)[C@@H](N)COc3cnccn3)c2)CC1. The number of nitrogens with two attached hydrogens (primary N) is 1. The second kappa shape index (κ2) is 9.82. The molecule has 1 aliphatic rings. The third-order valence-electron chi connectivity index (χ3n) is 5.44. The van der Waals surface area contributed by atoms with Crippen LogP contribution in [0.3, 0.4) is 0 Å². The number of carboxylic acids is 1. The molecule has 1 fully saturated rings. The molecule has 1 aliphatic carbocycles. The maximum atomic E-state index is 11.8. The Morgan fingerprint density at radius 3 is 2.70 bits per heavy atom. The Morgan fingerprint density at radius 1 is 1.27 bits per heavy atom. The van der Waals surface area contributed by atoms with E-state index in [1.165, 1.54) is 18.6 Å². The van der Waals surface area contributed by atoms with E-state index in [4.69, 9.17) is 15.2 Å². The minimum absolute atomic E-state index is 0.137. The summed E-state index contributed by atoms with van der Waals surface area (Å²) < 4.78 is 11.4. The zero-order chi connectivity index (χ0) is 21.6. The highest BCUT2D eigenvalue weighted by Gasteiger charge is 2.43. The minimum atomic E-state index is -2.27. The molecule has 2 atom stereocenters. The molecule has 0 aliphatic heterocycles. The summed E-state index contributed by atoms with van der Waals surface area (Å²) in [5, 5.41) is 20.5. The molecule has 162 valence electrons. The Balaban J connectivity index is 1.65. The number of carbonyl (C=O) groups is 1. The summed E-state index contributed by atoms with van der Waals surface area (Å²) in [6, 6.07) is 2.17. The van der Waals surface area contributed by atoms with E-state index in [1.54, 1.807) is 18.3 Å². The molecular formula is C21H28N4O5. The topological polar surface area (TPSA) is 141 Å². The van der Waals surface area contributed by atoms with Crippen LogP contribution in [0.2, 0.25) is 0 Å². The smallest absolute Gasteiger partial charge is 0.337 e. The van der Waals surface area contributed by atoms with Gasteiger partial charge in [-0.15, -0.1) is 0 Å². The monoisotopic (exact) mass is 416 g/mol. The van der Waals surface area contributed by atoms with Gasteiger partial charge >= 0.3 is 5.97 Å². The average molecular weight is 416 g/mol. The number of hydrogen-bond donors (Lipinski definition) is 3. The van der Waals surface area contributed by atoms with Gasteiger partial charge in [0.05, 0.1) is 18.3 Å². The fourth-order valence-corrected chi connectivity index (χ4v) is 3.48. The summed E-state index contributed by atoms with van der Waals surface area (Å²) in [4.78, 5) is 23.8. The first kappa shape index (κ1) is 21.9. The van der Waals surface area contributed by atoms with Gasteiger partial charge in [0, 0.05) is 36.8 Å². The fraction of sp³-hybridized carbons (Fsp3) is 0.524. The standard InChI is InChI=1S/C21H28N4O5/c1-14-2-4-16(5-3-14)30-17-6-7-24-15(10-17)11-21(28,20(26)27)18(22)13-29-19-12-23-8-9-25-19/h6-10,12,14,16,18,28H,2-5,11,13,22H2,1H3,(H,26,27)/t14?,16?,18-,21+/m0/s1. The van der Waals surface area contributed by atoms with Crippen molar-refractivity contribution in [3.05, 3.63) is 42.6 Å². The highest BCUT2D eigenvalue weighted by molar-refractivity contribution is 5.78. The molecule has 3 rings (SSSR count). The van der Waals surface area contributed by atoms with E-state index in [9.17, 15) is 15.0 Å². The van der Waals surface area contributed by atoms with E-state index in [-0.39, 0.29) is 25.0 Å². The van der Waals surface area contributed by atoms with Crippen molar-refractivity contribution in [1.82, 2.24) is 15.0 Å². The maximum absolute atomic E-state index is 11.8. The number of pyridine rings is 1. The molecule has 9 nitrogen and oxygen atoms in total. The van der Waals surface area contributed by atoms with E-state index >= 15 is 0 Å². The molecule has 2 heterocycles. The number of ether oxygens (including phenoxy) is 2. The summed E-state index contributed by atoms with van der Waals surface area (Å²) in [5.74, 6) is 0.0637. The molecule has 2 aromatic rings. The van der Waals surface area contributed by atoms with Crippen LogP contribution in [-0.2, 0) is 11.2 Å². The summed E-state index contributed by atoms with van der Waals surface area (Å²) in [5.41, 5.74) is 4.09. The summed E-state index contributed by atoms with van der Waals surface area (Å²) in [7, 11) is 0. The Hall–Kier alpha value is -2.78. The van der Waals surface area contributed by atoms with Crippen LogP contribution in [0, 0.1) is 5.92 Å². The lowest BCUT2D eigenvalue weighted by Gasteiger charge is -2.29. The van der Waals surface area contributed by atoms with Crippen molar-refractivity contribution in [3.8, 4) is 11.6 Å². The van der Waals surface area contributed by atoms with Crippen molar-refractivity contribution in [2.75, 3.05) is 6.61 Å². The number of hydrogen-bond acceptors (Lipinski definition) is 8. The fourth-order valence-electron chi connectivity index (χ4n) is 3.48. The third-order valence-corrected chi connectivity index (χ3v) is 5.44. The molecule has 4 N–H and O–H groups in total. The first-order valence-electron chi connectivity index (χ1n) is 10.1. The number of aliphatic carboxylic acids is 1. The molecular weight excluding hydrogens is 388 g/mol.